The molecule has 0 saturated carbocycles. The Morgan fingerprint density at radius 1 is 0.778 bits per heavy atom. The van der Waals surface area contributed by atoms with Gasteiger partial charge >= 0.3 is 0 Å². The summed E-state index contributed by atoms with van der Waals surface area (Å²) in [6, 6.07) is 27.5. The van der Waals surface area contributed by atoms with Crippen molar-refractivity contribution in [1.82, 2.24) is 9.78 Å². The number of rotatable bonds is 4. The second-order valence-electron chi connectivity index (χ2n) is 6.23. The Bertz CT molecular complexity index is 1070. The van der Waals surface area contributed by atoms with Gasteiger partial charge in [-0.2, -0.15) is 10.2 Å². The maximum absolute atomic E-state index is 6.41. The molecule has 0 unspecified atom stereocenters. The summed E-state index contributed by atoms with van der Waals surface area (Å²) in [6.45, 7) is 2.04. The number of benzene rings is 3. The molecule has 132 valence electrons. The maximum atomic E-state index is 6.41. The molecule has 27 heavy (non-hydrogen) atoms. The number of para-hydroxylation sites is 1. The molecule has 3 aromatic carbocycles. The van der Waals surface area contributed by atoms with Gasteiger partial charge in [-0.15, -0.1) is 5.11 Å². The van der Waals surface area contributed by atoms with Crippen molar-refractivity contribution in [2.45, 2.75) is 6.92 Å². The number of azo groups is 1. The molecule has 4 aromatic rings. The van der Waals surface area contributed by atoms with E-state index in [1.165, 1.54) is 5.56 Å². The topological polar surface area (TPSA) is 68.6 Å². The van der Waals surface area contributed by atoms with Crippen molar-refractivity contribution in [3.05, 3.63) is 90.5 Å². The van der Waals surface area contributed by atoms with Crippen molar-refractivity contribution < 1.29 is 0 Å². The van der Waals surface area contributed by atoms with Crippen LogP contribution in [0, 0.1) is 6.92 Å². The number of anilines is 1. The van der Waals surface area contributed by atoms with Gasteiger partial charge in [0.2, 0.25) is 0 Å². The van der Waals surface area contributed by atoms with E-state index < -0.39 is 0 Å². The van der Waals surface area contributed by atoms with E-state index in [0.29, 0.717) is 17.2 Å². The third-order valence-corrected chi connectivity index (χ3v) is 4.24. The second kappa shape index (κ2) is 7.25. The lowest BCUT2D eigenvalue weighted by atomic mass is 10.1. The summed E-state index contributed by atoms with van der Waals surface area (Å²) in [5.74, 6) is 0.455. The number of nitrogen functional groups attached to an aromatic ring is 1. The zero-order chi connectivity index (χ0) is 18.6. The second-order valence-corrected chi connectivity index (χ2v) is 6.23. The molecule has 0 bridgehead atoms. The summed E-state index contributed by atoms with van der Waals surface area (Å²) in [6.07, 6.45) is 0. The highest BCUT2D eigenvalue weighted by Gasteiger charge is 2.18. The lowest BCUT2D eigenvalue weighted by Crippen LogP contribution is -2.01. The van der Waals surface area contributed by atoms with Crippen LogP contribution in [0.5, 0.6) is 0 Å². The minimum atomic E-state index is 0.455. The van der Waals surface area contributed by atoms with E-state index in [9.17, 15) is 0 Å². The monoisotopic (exact) mass is 353 g/mol. The molecule has 1 aromatic heterocycles. The molecule has 0 spiro atoms. The smallest absolute Gasteiger partial charge is 0.156 e. The highest BCUT2D eigenvalue weighted by molar-refractivity contribution is 5.80. The van der Waals surface area contributed by atoms with E-state index in [-0.39, 0.29) is 0 Å². The Balaban J connectivity index is 1.83. The van der Waals surface area contributed by atoms with E-state index >= 15 is 0 Å². The Hall–Kier alpha value is -3.73. The van der Waals surface area contributed by atoms with Gasteiger partial charge in [0.15, 0.2) is 11.5 Å². The van der Waals surface area contributed by atoms with Crippen molar-refractivity contribution >= 4 is 17.2 Å². The molecule has 1 heterocycles. The number of aryl methyl sites for hydroxylation is 1. The van der Waals surface area contributed by atoms with Gasteiger partial charge in [-0.3, -0.25) is 0 Å². The zero-order valence-electron chi connectivity index (χ0n) is 14.9. The lowest BCUT2D eigenvalue weighted by molar-refractivity contribution is 0.895. The quantitative estimate of drug-likeness (QED) is 0.468. The molecule has 0 aliphatic rings. The first-order valence-electron chi connectivity index (χ1n) is 8.70. The van der Waals surface area contributed by atoms with Gasteiger partial charge in [0.25, 0.3) is 0 Å². The molecule has 0 saturated heterocycles. The number of nitrogens with two attached hydrogens (primary N) is 1. The fourth-order valence-corrected chi connectivity index (χ4v) is 2.80. The first-order chi connectivity index (χ1) is 13.2. The number of hydrogen-bond donors (Lipinski definition) is 1. The highest BCUT2D eigenvalue weighted by atomic mass is 15.3. The molecule has 5 heteroatoms. The van der Waals surface area contributed by atoms with E-state index in [1.54, 1.807) is 4.68 Å². The van der Waals surface area contributed by atoms with Crippen LogP contribution < -0.4 is 5.73 Å². The average Bonchev–Trinajstić information content (AvgIpc) is 3.05. The Morgan fingerprint density at radius 2 is 1.41 bits per heavy atom. The van der Waals surface area contributed by atoms with Crippen LogP contribution in [0.1, 0.15) is 5.56 Å². The van der Waals surface area contributed by atoms with Gasteiger partial charge in [-0.05, 0) is 31.2 Å². The summed E-state index contributed by atoms with van der Waals surface area (Å²) in [5, 5.41) is 13.5. The fraction of sp³-hybridized carbons (Fsp3) is 0.0455. The standard InChI is InChI=1S/C22H19N5/c1-16-12-14-18(15-13-16)24-25-21-20(17-8-4-2-5-9-17)26-27(22(21)23)19-10-6-3-7-11-19/h2-15H,23H2,1H3. The third kappa shape index (κ3) is 3.48. The van der Waals surface area contributed by atoms with Crippen LogP contribution in [-0.2, 0) is 0 Å². The molecule has 0 aliphatic heterocycles. The van der Waals surface area contributed by atoms with Gasteiger partial charge in [-0.1, -0.05) is 66.2 Å². The number of hydrogen-bond acceptors (Lipinski definition) is 4. The van der Waals surface area contributed by atoms with Gasteiger partial charge in [0, 0.05) is 5.56 Å². The first-order valence-corrected chi connectivity index (χ1v) is 8.70. The van der Waals surface area contributed by atoms with Crippen LogP contribution >= 0.6 is 0 Å². The largest absolute Gasteiger partial charge is 0.382 e. The molecule has 0 amide bonds. The van der Waals surface area contributed by atoms with E-state index in [2.05, 4.69) is 10.2 Å². The predicted octanol–water partition coefficient (Wildman–Crippen LogP) is 5.85. The van der Waals surface area contributed by atoms with Crippen LogP contribution in [0.4, 0.5) is 17.2 Å². The minimum Gasteiger partial charge on any atom is -0.382 e. The molecule has 4 rings (SSSR count). The number of aromatic nitrogens is 2. The van der Waals surface area contributed by atoms with Crippen LogP contribution in [0.3, 0.4) is 0 Å². The molecular weight excluding hydrogens is 334 g/mol. The zero-order valence-corrected chi connectivity index (χ0v) is 14.9. The molecule has 0 radical (unpaired) electrons. The van der Waals surface area contributed by atoms with Gasteiger partial charge < -0.3 is 5.73 Å². The molecule has 2 N–H and O–H groups in total. The Morgan fingerprint density at radius 3 is 2.07 bits per heavy atom. The predicted molar refractivity (Wildman–Crippen MR) is 109 cm³/mol. The van der Waals surface area contributed by atoms with Crippen molar-refractivity contribution in [1.29, 1.82) is 0 Å². The average molecular weight is 353 g/mol. The maximum Gasteiger partial charge on any atom is 0.156 e. The van der Waals surface area contributed by atoms with E-state index in [1.807, 2.05) is 91.9 Å². The summed E-state index contributed by atoms with van der Waals surface area (Å²) >= 11 is 0. The highest BCUT2D eigenvalue weighted by Crippen LogP contribution is 2.37. The Kier molecular flexibility index (Phi) is 4.49. The fourth-order valence-electron chi connectivity index (χ4n) is 2.80. The SMILES string of the molecule is Cc1ccc(N=Nc2c(-c3ccccc3)nn(-c3ccccc3)c2N)cc1. The van der Waals surface area contributed by atoms with Crippen LogP contribution in [0.2, 0.25) is 0 Å². The molecule has 0 fully saturated rings. The first kappa shape index (κ1) is 16.7. The van der Waals surface area contributed by atoms with E-state index in [0.717, 1.165) is 16.9 Å². The lowest BCUT2D eigenvalue weighted by Gasteiger charge is -2.02. The number of nitrogens with zero attached hydrogens (tertiary/aromatic N) is 4. The summed E-state index contributed by atoms with van der Waals surface area (Å²) in [4.78, 5) is 0. The summed E-state index contributed by atoms with van der Waals surface area (Å²) in [5.41, 5.74) is 11.4. The molecule has 5 nitrogen and oxygen atoms in total. The molecular formula is C22H19N5. The van der Waals surface area contributed by atoms with Gasteiger partial charge in [0.1, 0.15) is 5.69 Å². The minimum absolute atomic E-state index is 0.455. The van der Waals surface area contributed by atoms with Crippen molar-refractivity contribution in [2.24, 2.45) is 10.2 Å². The summed E-state index contributed by atoms with van der Waals surface area (Å²) < 4.78 is 1.70. The molecule has 0 atom stereocenters. The van der Waals surface area contributed by atoms with Crippen LogP contribution in [0.25, 0.3) is 16.9 Å². The summed E-state index contributed by atoms with van der Waals surface area (Å²) in [7, 11) is 0. The van der Waals surface area contributed by atoms with Gasteiger partial charge in [-0.25, -0.2) is 4.68 Å². The third-order valence-electron chi connectivity index (χ3n) is 4.24. The van der Waals surface area contributed by atoms with Crippen LogP contribution in [0.15, 0.2) is 95.2 Å². The van der Waals surface area contributed by atoms with E-state index in [4.69, 9.17) is 10.8 Å². The normalized spacial score (nSPS) is 11.1. The van der Waals surface area contributed by atoms with Crippen molar-refractivity contribution in [3.63, 3.8) is 0 Å². The van der Waals surface area contributed by atoms with Crippen molar-refractivity contribution in [2.75, 3.05) is 5.73 Å². The molecule has 0 aliphatic carbocycles. The van der Waals surface area contributed by atoms with Crippen LogP contribution in [-0.4, -0.2) is 9.78 Å². The Labute approximate surface area is 157 Å². The van der Waals surface area contributed by atoms with Crippen molar-refractivity contribution in [3.8, 4) is 16.9 Å². The van der Waals surface area contributed by atoms with Gasteiger partial charge in [0.05, 0.1) is 11.4 Å².